The molecule has 2 rings (SSSR count). The highest BCUT2D eigenvalue weighted by atomic mass is 35.5. The van der Waals surface area contributed by atoms with Gasteiger partial charge in [0, 0.05) is 0 Å². The van der Waals surface area contributed by atoms with Crippen molar-refractivity contribution >= 4 is 35.0 Å². The largest absolute Gasteiger partial charge is 0.507 e. The number of rotatable bonds is 2. The van der Waals surface area contributed by atoms with Crippen molar-refractivity contribution in [2.75, 3.05) is 0 Å². The molecule has 0 fully saturated rings. The average molecular weight is 287 g/mol. The summed E-state index contributed by atoms with van der Waals surface area (Å²) in [5.74, 6) is 0.114. The smallest absolute Gasteiger partial charge is 0.131 e. The van der Waals surface area contributed by atoms with Gasteiger partial charge in [-0.25, -0.2) is 0 Å². The number of hydrogen-bond acceptors (Lipinski definition) is 3. The highest BCUT2D eigenvalue weighted by Gasteiger charge is 2.13. The summed E-state index contributed by atoms with van der Waals surface area (Å²) in [7, 11) is 0. The van der Waals surface area contributed by atoms with Gasteiger partial charge < -0.3 is 10.2 Å². The van der Waals surface area contributed by atoms with Crippen molar-refractivity contribution < 1.29 is 10.2 Å². The van der Waals surface area contributed by atoms with Crippen LogP contribution in [-0.4, -0.2) is 10.2 Å². The molecule has 0 amide bonds. The summed E-state index contributed by atoms with van der Waals surface area (Å²) in [4.78, 5) is 0.940. The first-order valence-electron chi connectivity index (χ1n) is 4.72. The highest BCUT2D eigenvalue weighted by Crippen LogP contribution is 2.45. The lowest BCUT2D eigenvalue weighted by Crippen LogP contribution is -1.80. The molecule has 0 aromatic heterocycles. The fraction of sp³-hybridized carbons (Fsp3) is 0. The molecule has 0 aliphatic heterocycles. The number of phenols is 2. The summed E-state index contributed by atoms with van der Waals surface area (Å²) >= 11 is 13.1. The van der Waals surface area contributed by atoms with E-state index in [1.807, 2.05) is 0 Å². The minimum atomic E-state index is 0.0572. The van der Waals surface area contributed by atoms with E-state index >= 15 is 0 Å². The molecule has 5 heteroatoms. The molecular weight excluding hydrogens is 279 g/mol. The molecular formula is C12H8Cl2O2S. The van der Waals surface area contributed by atoms with Crippen molar-refractivity contribution in [3.63, 3.8) is 0 Å². The molecule has 0 aliphatic rings. The second-order valence-electron chi connectivity index (χ2n) is 3.28. The van der Waals surface area contributed by atoms with E-state index in [2.05, 4.69) is 0 Å². The molecule has 0 heterocycles. The maximum atomic E-state index is 9.70. The third-order valence-electron chi connectivity index (χ3n) is 2.10. The predicted molar refractivity (Wildman–Crippen MR) is 70.4 cm³/mol. The fourth-order valence-electron chi connectivity index (χ4n) is 1.30. The van der Waals surface area contributed by atoms with Crippen molar-refractivity contribution in [1.82, 2.24) is 0 Å². The zero-order valence-corrected chi connectivity index (χ0v) is 10.9. The van der Waals surface area contributed by atoms with E-state index in [1.165, 1.54) is 12.1 Å². The van der Waals surface area contributed by atoms with Gasteiger partial charge in [-0.15, -0.1) is 0 Å². The molecule has 0 saturated carbocycles. The molecule has 0 atom stereocenters. The molecule has 0 spiro atoms. The van der Waals surface area contributed by atoms with Crippen LogP contribution in [0.25, 0.3) is 0 Å². The Morgan fingerprint density at radius 2 is 1.18 bits per heavy atom. The van der Waals surface area contributed by atoms with Gasteiger partial charge in [-0.2, -0.15) is 0 Å². The second kappa shape index (κ2) is 5.08. The molecule has 2 aromatic carbocycles. The van der Waals surface area contributed by atoms with Gasteiger partial charge in [-0.05, 0) is 24.3 Å². The normalized spacial score (nSPS) is 10.5. The monoisotopic (exact) mass is 286 g/mol. The van der Waals surface area contributed by atoms with Crippen LogP contribution in [0.2, 0.25) is 10.0 Å². The molecule has 2 N–H and O–H groups in total. The molecule has 0 bridgehead atoms. The van der Waals surface area contributed by atoms with Crippen molar-refractivity contribution in [2.45, 2.75) is 9.79 Å². The fourth-order valence-corrected chi connectivity index (χ4v) is 2.75. The standard InChI is InChI=1S/C12H8Cl2O2S/c13-7-3-1-5-9(15)11(7)17-12-8(14)4-2-6-10(12)16/h1-6,15-16H. The summed E-state index contributed by atoms with van der Waals surface area (Å²) in [6, 6.07) is 9.68. The van der Waals surface area contributed by atoms with Crippen LogP contribution in [0.3, 0.4) is 0 Å². The van der Waals surface area contributed by atoms with Crippen LogP contribution in [-0.2, 0) is 0 Å². The molecule has 0 aliphatic carbocycles. The van der Waals surface area contributed by atoms with Gasteiger partial charge in [0.05, 0.1) is 19.8 Å². The molecule has 0 unspecified atom stereocenters. The first-order valence-corrected chi connectivity index (χ1v) is 6.29. The van der Waals surface area contributed by atoms with Crippen LogP contribution >= 0.6 is 35.0 Å². The average Bonchev–Trinajstić information content (AvgIpc) is 2.27. The van der Waals surface area contributed by atoms with E-state index < -0.39 is 0 Å². The predicted octanol–water partition coefficient (Wildman–Crippen LogP) is 4.56. The van der Waals surface area contributed by atoms with Crippen molar-refractivity contribution in [3.05, 3.63) is 46.4 Å². The van der Waals surface area contributed by atoms with Gasteiger partial charge in [0.25, 0.3) is 0 Å². The van der Waals surface area contributed by atoms with Crippen molar-refractivity contribution in [3.8, 4) is 11.5 Å². The first kappa shape index (κ1) is 12.4. The molecule has 0 radical (unpaired) electrons. The van der Waals surface area contributed by atoms with Gasteiger partial charge >= 0.3 is 0 Å². The van der Waals surface area contributed by atoms with Crippen molar-refractivity contribution in [2.24, 2.45) is 0 Å². The Hall–Kier alpha value is -1.03. The summed E-state index contributed by atoms with van der Waals surface area (Å²) in [5, 5.41) is 20.2. The Labute approximate surface area is 113 Å². The third-order valence-corrected chi connectivity index (χ3v) is 4.22. The number of hydrogen-bond donors (Lipinski definition) is 2. The zero-order valence-electron chi connectivity index (χ0n) is 8.52. The number of aromatic hydroxyl groups is 2. The SMILES string of the molecule is Oc1cccc(Cl)c1Sc1c(O)cccc1Cl. The van der Waals surface area contributed by atoms with Gasteiger partial charge in [0.1, 0.15) is 11.5 Å². The molecule has 0 saturated heterocycles. The Morgan fingerprint density at radius 1 is 0.765 bits per heavy atom. The van der Waals surface area contributed by atoms with Gasteiger partial charge in [-0.3, -0.25) is 0 Å². The first-order chi connectivity index (χ1) is 8.09. The lowest BCUT2D eigenvalue weighted by atomic mass is 10.3. The second-order valence-corrected chi connectivity index (χ2v) is 5.11. The molecule has 88 valence electrons. The third kappa shape index (κ3) is 2.63. The van der Waals surface area contributed by atoms with Crippen LogP contribution < -0.4 is 0 Å². The van der Waals surface area contributed by atoms with Crippen LogP contribution in [0.1, 0.15) is 0 Å². The maximum Gasteiger partial charge on any atom is 0.131 e. The Kier molecular flexibility index (Phi) is 3.72. The quantitative estimate of drug-likeness (QED) is 0.851. The highest BCUT2D eigenvalue weighted by molar-refractivity contribution is 7.99. The summed E-state index contributed by atoms with van der Waals surface area (Å²) in [5.41, 5.74) is 0. The number of halogens is 2. The van der Waals surface area contributed by atoms with E-state index in [1.54, 1.807) is 24.3 Å². The Morgan fingerprint density at radius 3 is 1.53 bits per heavy atom. The van der Waals surface area contributed by atoms with E-state index in [-0.39, 0.29) is 11.5 Å². The lowest BCUT2D eigenvalue weighted by Gasteiger charge is -2.09. The van der Waals surface area contributed by atoms with Crippen LogP contribution in [0.5, 0.6) is 11.5 Å². The topological polar surface area (TPSA) is 40.5 Å². The van der Waals surface area contributed by atoms with Gasteiger partial charge in [-0.1, -0.05) is 47.1 Å². The number of phenolic OH excluding ortho intramolecular Hbond substituents is 2. The summed E-state index contributed by atoms with van der Waals surface area (Å²) in [6.45, 7) is 0. The van der Waals surface area contributed by atoms with Crippen LogP contribution in [0.15, 0.2) is 46.2 Å². The van der Waals surface area contributed by atoms with Gasteiger partial charge in [0.15, 0.2) is 0 Å². The Bertz CT molecular complexity index is 468. The minimum absolute atomic E-state index is 0.0572. The van der Waals surface area contributed by atoms with Gasteiger partial charge in [0.2, 0.25) is 0 Å². The summed E-state index contributed by atoms with van der Waals surface area (Å²) in [6.07, 6.45) is 0. The van der Waals surface area contributed by atoms with E-state index in [0.717, 1.165) is 11.8 Å². The van der Waals surface area contributed by atoms with Crippen LogP contribution in [0, 0.1) is 0 Å². The van der Waals surface area contributed by atoms with Crippen LogP contribution in [0.4, 0.5) is 0 Å². The maximum absolute atomic E-state index is 9.70. The lowest BCUT2D eigenvalue weighted by molar-refractivity contribution is 0.460. The molecule has 2 nitrogen and oxygen atoms in total. The van der Waals surface area contributed by atoms with E-state index in [4.69, 9.17) is 23.2 Å². The zero-order chi connectivity index (χ0) is 12.4. The summed E-state index contributed by atoms with van der Waals surface area (Å²) < 4.78 is 0. The van der Waals surface area contributed by atoms with E-state index in [9.17, 15) is 10.2 Å². The molecule has 17 heavy (non-hydrogen) atoms. The number of benzene rings is 2. The molecule has 2 aromatic rings. The minimum Gasteiger partial charge on any atom is -0.507 e. The van der Waals surface area contributed by atoms with Crippen molar-refractivity contribution in [1.29, 1.82) is 0 Å². The Balaban J connectivity index is 2.45. The van der Waals surface area contributed by atoms with E-state index in [0.29, 0.717) is 19.8 Å².